The van der Waals surface area contributed by atoms with Gasteiger partial charge in [0.15, 0.2) is 11.5 Å². The molecule has 1 aromatic carbocycles. The quantitative estimate of drug-likeness (QED) is 0.923. The average molecular weight is 315 g/mol. The fourth-order valence-corrected chi connectivity index (χ4v) is 2.37. The number of carbonyl (C=O) groups is 1. The van der Waals surface area contributed by atoms with Gasteiger partial charge in [-0.05, 0) is 32.0 Å². The maximum Gasteiger partial charge on any atom is 0.254 e. The predicted molar refractivity (Wildman–Crippen MR) is 84.8 cm³/mol. The van der Waals surface area contributed by atoms with Gasteiger partial charge in [-0.1, -0.05) is 0 Å². The van der Waals surface area contributed by atoms with E-state index < -0.39 is 0 Å². The first-order valence-electron chi connectivity index (χ1n) is 6.99. The van der Waals surface area contributed by atoms with Gasteiger partial charge in [0.05, 0.1) is 13.7 Å². The molecule has 0 spiro atoms. The summed E-state index contributed by atoms with van der Waals surface area (Å²) in [6.45, 7) is 6.87. The van der Waals surface area contributed by atoms with Crippen LogP contribution < -0.4 is 14.8 Å². The Balaban J connectivity index is 0.00000220. The van der Waals surface area contributed by atoms with E-state index >= 15 is 0 Å². The summed E-state index contributed by atoms with van der Waals surface area (Å²) >= 11 is 0. The number of amides is 1. The van der Waals surface area contributed by atoms with Crippen molar-refractivity contribution < 1.29 is 14.3 Å². The molecule has 2 rings (SSSR count). The number of ether oxygens (including phenoxy) is 2. The SMILES string of the molecule is CCOc1ccc(C(=O)N2CCNC(C)C2)cc1OC.Cl. The number of rotatable bonds is 4. The summed E-state index contributed by atoms with van der Waals surface area (Å²) in [7, 11) is 1.58. The van der Waals surface area contributed by atoms with Gasteiger partial charge in [-0.15, -0.1) is 12.4 Å². The van der Waals surface area contributed by atoms with Crippen LogP contribution in [0.2, 0.25) is 0 Å². The second-order valence-electron chi connectivity index (χ2n) is 4.90. The second-order valence-corrected chi connectivity index (χ2v) is 4.90. The van der Waals surface area contributed by atoms with E-state index in [0.717, 1.165) is 19.6 Å². The molecule has 21 heavy (non-hydrogen) atoms. The molecule has 1 saturated heterocycles. The number of piperazine rings is 1. The lowest BCUT2D eigenvalue weighted by atomic mass is 10.1. The van der Waals surface area contributed by atoms with E-state index in [1.807, 2.05) is 11.8 Å². The highest BCUT2D eigenvalue weighted by Crippen LogP contribution is 2.28. The van der Waals surface area contributed by atoms with Crippen molar-refractivity contribution in [2.24, 2.45) is 0 Å². The van der Waals surface area contributed by atoms with Crippen LogP contribution in [0, 0.1) is 0 Å². The van der Waals surface area contributed by atoms with Gasteiger partial charge >= 0.3 is 0 Å². The fourth-order valence-electron chi connectivity index (χ4n) is 2.37. The van der Waals surface area contributed by atoms with Crippen molar-refractivity contribution in [3.05, 3.63) is 23.8 Å². The van der Waals surface area contributed by atoms with Crippen LogP contribution in [-0.2, 0) is 0 Å². The standard InChI is InChI=1S/C15H22N2O3.ClH/c1-4-20-13-6-5-12(9-14(13)19-3)15(18)17-8-7-16-11(2)10-17;/h5-6,9,11,16H,4,7-8,10H2,1-3H3;1H. The van der Waals surface area contributed by atoms with Gasteiger partial charge in [0.2, 0.25) is 0 Å². The first-order chi connectivity index (χ1) is 9.65. The van der Waals surface area contributed by atoms with Crippen LogP contribution in [0.15, 0.2) is 18.2 Å². The number of carbonyl (C=O) groups excluding carboxylic acids is 1. The highest BCUT2D eigenvalue weighted by atomic mass is 35.5. The van der Waals surface area contributed by atoms with Crippen LogP contribution in [0.4, 0.5) is 0 Å². The van der Waals surface area contributed by atoms with E-state index in [2.05, 4.69) is 12.2 Å². The first kappa shape index (κ1) is 17.6. The fraction of sp³-hybridized carbons (Fsp3) is 0.533. The zero-order valence-corrected chi connectivity index (χ0v) is 13.5. The third kappa shape index (κ3) is 4.25. The third-order valence-corrected chi connectivity index (χ3v) is 3.37. The van der Waals surface area contributed by atoms with Gasteiger partial charge in [-0.2, -0.15) is 0 Å². The first-order valence-corrected chi connectivity index (χ1v) is 6.99. The summed E-state index contributed by atoms with van der Waals surface area (Å²) in [5.74, 6) is 1.31. The molecule has 0 saturated carbocycles. The highest BCUT2D eigenvalue weighted by molar-refractivity contribution is 5.95. The van der Waals surface area contributed by atoms with Gasteiger partial charge in [0.1, 0.15) is 0 Å². The molecule has 0 bridgehead atoms. The number of nitrogens with zero attached hydrogens (tertiary/aromatic N) is 1. The van der Waals surface area contributed by atoms with E-state index in [-0.39, 0.29) is 18.3 Å². The minimum atomic E-state index is 0. The molecule has 1 amide bonds. The Kier molecular flexibility index (Phi) is 6.78. The Bertz CT molecular complexity index is 482. The molecule has 1 aliphatic heterocycles. The maximum absolute atomic E-state index is 12.5. The molecule has 0 aromatic heterocycles. The number of halogens is 1. The smallest absolute Gasteiger partial charge is 0.254 e. The number of nitrogens with one attached hydrogen (secondary N) is 1. The molecule has 1 atom stereocenters. The minimum Gasteiger partial charge on any atom is -0.493 e. The minimum absolute atomic E-state index is 0. The van der Waals surface area contributed by atoms with Crippen molar-refractivity contribution in [3.8, 4) is 11.5 Å². The molecular formula is C15H23ClN2O3. The Hall–Kier alpha value is -1.46. The van der Waals surface area contributed by atoms with Gasteiger partial charge in [-0.25, -0.2) is 0 Å². The molecule has 118 valence electrons. The van der Waals surface area contributed by atoms with Crippen molar-refractivity contribution in [3.63, 3.8) is 0 Å². The largest absolute Gasteiger partial charge is 0.493 e. The van der Waals surface area contributed by atoms with Crippen LogP contribution in [0.1, 0.15) is 24.2 Å². The van der Waals surface area contributed by atoms with E-state index in [1.54, 1.807) is 25.3 Å². The van der Waals surface area contributed by atoms with E-state index in [4.69, 9.17) is 9.47 Å². The summed E-state index contributed by atoms with van der Waals surface area (Å²) in [5.41, 5.74) is 0.638. The van der Waals surface area contributed by atoms with Crippen molar-refractivity contribution in [1.82, 2.24) is 10.2 Å². The van der Waals surface area contributed by atoms with Crippen LogP contribution >= 0.6 is 12.4 Å². The summed E-state index contributed by atoms with van der Waals surface area (Å²) < 4.78 is 10.8. The molecule has 1 unspecified atom stereocenters. The van der Waals surface area contributed by atoms with Crippen LogP contribution in [0.3, 0.4) is 0 Å². The summed E-state index contributed by atoms with van der Waals surface area (Å²) in [6.07, 6.45) is 0. The predicted octanol–water partition coefficient (Wildman–Crippen LogP) is 1.95. The van der Waals surface area contributed by atoms with Crippen molar-refractivity contribution in [2.75, 3.05) is 33.4 Å². The topological polar surface area (TPSA) is 50.8 Å². The number of methoxy groups -OCH3 is 1. The monoisotopic (exact) mass is 314 g/mol. The summed E-state index contributed by atoms with van der Waals surface area (Å²) in [6, 6.07) is 5.67. The highest BCUT2D eigenvalue weighted by Gasteiger charge is 2.22. The Morgan fingerprint density at radius 1 is 1.43 bits per heavy atom. The van der Waals surface area contributed by atoms with Crippen LogP contribution in [0.5, 0.6) is 11.5 Å². The molecule has 6 heteroatoms. The average Bonchev–Trinajstić information content (AvgIpc) is 2.47. The summed E-state index contributed by atoms with van der Waals surface area (Å²) in [4.78, 5) is 14.4. The molecule has 5 nitrogen and oxygen atoms in total. The molecule has 1 fully saturated rings. The normalized spacial score (nSPS) is 17.9. The summed E-state index contributed by atoms with van der Waals surface area (Å²) in [5, 5.41) is 3.33. The van der Waals surface area contributed by atoms with Crippen LogP contribution in [-0.4, -0.2) is 50.2 Å². The Morgan fingerprint density at radius 2 is 2.19 bits per heavy atom. The van der Waals surface area contributed by atoms with Crippen molar-refractivity contribution in [2.45, 2.75) is 19.9 Å². The maximum atomic E-state index is 12.5. The van der Waals surface area contributed by atoms with Gasteiger partial charge in [-0.3, -0.25) is 4.79 Å². The molecule has 1 aliphatic rings. The Morgan fingerprint density at radius 3 is 2.81 bits per heavy atom. The number of hydrogen-bond acceptors (Lipinski definition) is 4. The number of hydrogen-bond donors (Lipinski definition) is 1. The third-order valence-electron chi connectivity index (χ3n) is 3.37. The molecule has 0 radical (unpaired) electrons. The molecule has 0 aliphatic carbocycles. The van der Waals surface area contributed by atoms with Crippen LogP contribution in [0.25, 0.3) is 0 Å². The lowest BCUT2D eigenvalue weighted by Crippen LogP contribution is -2.51. The van der Waals surface area contributed by atoms with E-state index in [1.165, 1.54) is 0 Å². The van der Waals surface area contributed by atoms with E-state index in [0.29, 0.717) is 29.7 Å². The molecule has 1 N–H and O–H groups in total. The number of benzene rings is 1. The lowest BCUT2D eigenvalue weighted by Gasteiger charge is -2.32. The van der Waals surface area contributed by atoms with Crippen molar-refractivity contribution >= 4 is 18.3 Å². The zero-order valence-electron chi connectivity index (χ0n) is 12.7. The van der Waals surface area contributed by atoms with Gasteiger partial charge in [0.25, 0.3) is 5.91 Å². The molecular weight excluding hydrogens is 292 g/mol. The molecule has 1 aromatic rings. The Labute approximate surface area is 132 Å². The van der Waals surface area contributed by atoms with Gasteiger partial charge < -0.3 is 19.7 Å². The van der Waals surface area contributed by atoms with E-state index in [9.17, 15) is 4.79 Å². The lowest BCUT2D eigenvalue weighted by molar-refractivity contribution is 0.0708. The van der Waals surface area contributed by atoms with Crippen molar-refractivity contribution in [1.29, 1.82) is 0 Å². The zero-order chi connectivity index (χ0) is 14.5. The second kappa shape index (κ2) is 8.10. The molecule has 1 heterocycles. The van der Waals surface area contributed by atoms with Gasteiger partial charge in [0, 0.05) is 31.2 Å².